The molecule has 0 spiro atoms. The zero-order valence-electron chi connectivity index (χ0n) is 14.1. The van der Waals surface area contributed by atoms with Crippen LogP contribution in [0.4, 0.5) is 0 Å². The van der Waals surface area contributed by atoms with E-state index < -0.39 is 10.0 Å². The Kier molecular flexibility index (Phi) is 6.76. The van der Waals surface area contributed by atoms with E-state index >= 15 is 0 Å². The van der Waals surface area contributed by atoms with Crippen molar-refractivity contribution in [2.24, 2.45) is 0 Å². The molecule has 0 amide bonds. The molecule has 0 saturated heterocycles. The smallest absolute Gasteiger partial charge is 0.211 e. The number of nitrogens with one attached hydrogen (secondary N) is 1. The topological polar surface area (TPSA) is 46.2 Å². The first kappa shape index (κ1) is 18.4. The van der Waals surface area contributed by atoms with Crippen molar-refractivity contribution in [3.63, 3.8) is 0 Å². The van der Waals surface area contributed by atoms with Gasteiger partial charge in [0, 0.05) is 6.54 Å². The van der Waals surface area contributed by atoms with Crippen LogP contribution in [-0.4, -0.2) is 15.0 Å². The van der Waals surface area contributed by atoms with Crippen molar-refractivity contribution in [1.82, 2.24) is 4.72 Å². The molecule has 128 valence electrons. The van der Waals surface area contributed by atoms with Crippen LogP contribution in [0.2, 0.25) is 0 Å². The third-order valence-corrected chi connectivity index (χ3v) is 5.58. The monoisotopic (exact) mass is 343 g/mol. The molecule has 4 heteroatoms. The molecule has 2 rings (SSSR count). The normalized spacial score (nSPS) is 12.7. The Morgan fingerprint density at radius 2 is 1.71 bits per heavy atom. The molecule has 0 heterocycles. The van der Waals surface area contributed by atoms with Gasteiger partial charge < -0.3 is 0 Å². The van der Waals surface area contributed by atoms with Gasteiger partial charge in [-0.05, 0) is 49.8 Å². The van der Waals surface area contributed by atoms with E-state index in [-0.39, 0.29) is 0 Å². The highest BCUT2D eigenvalue weighted by molar-refractivity contribution is 7.89. The molecule has 2 aromatic rings. The van der Waals surface area contributed by atoms with Crippen LogP contribution in [-0.2, 0) is 10.0 Å². The molecule has 3 nitrogen and oxygen atoms in total. The quantitative estimate of drug-likeness (QED) is 0.685. The van der Waals surface area contributed by atoms with E-state index in [0.29, 0.717) is 17.4 Å². The number of sulfonamides is 1. The van der Waals surface area contributed by atoms with E-state index in [0.717, 1.165) is 24.8 Å². The Morgan fingerprint density at radius 1 is 1.04 bits per heavy atom. The van der Waals surface area contributed by atoms with E-state index in [2.05, 4.69) is 23.4 Å². The van der Waals surface area contributed by atoms with Gasteiger partial charge in [0.05, 0.1) is 4.90 Å². The predicted molar refractivity (Wildman–Crippen MR) is 99.6 cm³/mol. The first-order valence-electron chi connectivity index (χ1n) is 8.25. The standard InChI is InChI=1S/C20H25NO2S/c1-3-4-8-19(18-9-6-5-7-10-18)15-16-21-24(22,23)20-13-11-17(2)12-14-20/h3,5-7,9-14,19,21H,1,4,8,15-16H2,2H3. The van der Waals surface area contributed by atoms with Gasteiger partial charge >= 0.3 is 0 Å². The Labute approximate surface area is 145 Å². The minimum atomic E-state index is -3.45. The van der Waals surface area contributed by atoms with Crippen molar-refractivity contribution >= 4 is 10.0 Å². The molecular formula is C20H25NO2S. The number of rotatable bonds is 9. The summed E-state index contributed by atoms with van der Waals surface area (Å²) in [4.78, 5) is 0.315. The zero-order valence-corrected chi connectivity index (χ0v) is 14.9. The van der Waals surface area contributed by atoms with Gasteiger partial charge in [0.15, 0.2) is 0 Å². The second-order valence-corrected chi connectivity index (χ2v) is 7.74. The van der Waals surface area contributed by atoms with Crippen molar-refractivity contribution in [2.75, 3.05) is 6.54 Å². The first-order valence-corrected chi connectivity index (χ1v) is 9.73. The van der Waals surface area contributed by atoms with Crippen LogP contribution >= 0.6 is 0 Å². The van der Waals surface area contributed by atoms with Gasteiger partial charge in [0.2, 0.25) is 10.0 Å². The number of allylic oxidation sites excluding steroid dienone is 1. The molecule has 0 aromatic heterocycles. The van der Waals surface area contributed by atoms with Crippen LogP contribution in [0.5, 0.6) is 0 Å². The van der Waals surface area contributed by atoms with Crippen LogP contribution in [0.1, 0.15) is 36.3 Å². The highest BCUT2D eigenvalue weighted by Gasteiger charge is 2.15. The fourth-order valence-corrected chi connectivity index (χ4v) is 3.74. The minimum Gasteiger partial charge on any atom is -0.211 e. The maximum Gasteiger partial charge on any atom is 0.240 e. The summed E-state index contributed by atoms with van der Waals surface area (Å²) >= 11 is 0. The summed E-state index contributed by atoms with van der Waals surface area (Å²) in [7, 11) is -3.45. The lowest BCUT2D eigenvalue weighted by Crippen LogP contribution is -2.26. The fourth-order valence-electron chi connectivity index (χ4n) is 2.69. The SMILES string of the molecule is C=CCCC(CCNS(=O)(=O)c1ccc(C)cc1)c1ccccc1. The van der Waals surface area contributed by atoms with Gasteiger partial charge in [-0.25, -0.2) is 13.1 Å². The van der Waals surface area contributed by atoms with Crippen molar-refractivity contribution in [1.29, 1.82) is 0 Å². The van der Waals surface area contributed by atoms with Crippen molar-refractivity contribution < 1.29 is 8.42 Å². The number of benzene rings is 2. The van der Waals surface area contributed by atoms with Gasteiger partial charge in [-0.3, -0.25) is 0 Å². The lowest BCUT2D eigenvalue weighted by molar-refractivity contribution is 0.552. The summed E-state index contributed by atoms with van der Waals surface area (Å²) in [5, 5.41) is 0. The van der Waals surface area contributed by atoms with Gasteiger partial charge in [-0.15, -0.1) is 6.58 Å². The summed E-state index contributed by atoms with van der Waals surface area (Å²) in [6, 6.07) is 17.1. The van der Waals surface area contributed by atoms with Crippen molar-refractivity contribution in [3.05, 3.63) is 78.4 Å². The third-order valence-electron chi connectivity index (χ3n) is 4.11. The molecule has 0 aliphatic carbocycles. The molecule has 0 bridgehead atoms. The molecule has 1 unspecified atom stereocenters. The Hall–Kier alpha value is -1.91. The van der Waals surface area contributed by atoms with E-state index in [1.807, 2.05) is 43.3 Å². The van der Waals surface area contributed by atoms with E-state index in [9.17, 15) is 8.42 Å². The molecular weight excluding hydrogens is 318 g/mol. The molecule has 2 aromatic carbocycles. The molecule has 1 N–H and O–H groups in total. The minimum absolute atomic E-state index is 0.315. The molecule has 0 saturated carbocycles. The van der Waals surface area contributed by atoms with Gasteiger partial charge in [0.25, 0.3) is 0 Å². The fraction of sp³-hybridized carbons (Fsp3) is 0.300. The predicted octanol–water partition coefficient (Wildman–Crippen LogP) is 4.41. The highest BCUT2D eigenvalue weighted by Crippen LogP contribution is 2.24. The number of aryl methyl sites for hydroxylation is 1. The summed E-state index contributed by atoms with van der Waals surface area (Å²) in [5.74, 6) is 0.324. The van der Waals surface area contributed by atoms with E-state index in [4.69, 9.17) is 0 Å². The maximum atomic E-state index is 12.3. The largest absolute Gasteiger partial charge is 0.240 e. The second-order valence-electron chi connectivity index (χ2n) is 5.97. The number of hydrogen-bond donors (Lipinski definition) is 1. The molecule has 0 aliphatic heterocycles. The van der Waals surface area contributed by atoms with Crippen LogP contribution in [0, 0.1) is 6.92 Å². The maximum absolute atomic E-state index is 12.3. The molecule has 0 fully saturated rings. The van der Waals surface area contributed by atoms with Gasteiger partial charge in [-0.1, -0.05) is 54.1 Å². The van der Waals surface area contributed by atoms with Crippen LogP contribution in [0.15, 0.2) is 72.1 Å². The first-order chi connectivity index (χ1) is 11.5. The van der Waals surface area contributed by atoms with Crippen molar-refractivity contribution in [3.8, 4) is 0 Å². The van der Waals surface area contributed by atoms with E-state index in [1.54, 1.807) is 12.1 Å². The number of hydrogen-bond acceptors (Lipinski definition) is 2. The van der Waals surface area contributed by atoms with Crippen LogP contribution < -0.4 is 4.72 Å². The third kappa shape index (κ3) is 5.32. The second kappa shape index (κ2) is 8.81. The average molecular weight is 343 g/mol. The zero-order chi connectivity index (χ0) is 17.4. The lowest BCUT2D eigenvalue weighted by Gasteiger charge is -2.17. The van der Waals surface area contributed by atoms with E-state index in [1.165, 1.54) is 5.56 Å². The molecule has 0 aliphatic rings. The molecule has 1 atom stereocenters. The van der Waals surface area contributed by atoms with Gasteiger partial charge in [-0.2, -0.15) is 0 Å². The molecule has 0 radical (unpaired) electrons. The summed E-state index contributed by atoms with van der Waals surface area (Å²) < 4.78 is 27.4. The lowest BCUT2D eigenvalue weighted by atomic mass is 9.91. The van der Waals surface area contributed by atoms with Crippen LogP contribution in [0.3, 0.4) is 0 Å². The average Bonchev–Trinajstić information content (AvgIpc) is 2.59. The van der Waals surface area contributed by atoms with Crippen LogP contribution in [0.25, 0.3) is 0 Å². The summed E-state index contributed by atoms with van der Waals surface area (Å²) in [6.45, 7) is 6.14. The summed E-state index contributed by atoms with van der Waals surface area (Å²) in [6.07, 6.45) is 4.57. The molecule has 24 heavy (non-hydrogen) atoms. The Balaban J connectivity index is 1.99. The summed E-state index contributed by atoms with van der Waals surface area (Å²) in [5.41, 5.74) is 2.29. The van der Waals surface area contributed by atoms with Gasteiger partial charge in [0.1, 0.15) is 0 Å². The Bertz CT molecular complexity index is 737. The van der Waals surface area contributed by atoms with Crippen molar-refractivity contribution in [2.45, 2.75) is 37.0 Å². The highest BCUT2D eigenvalue weighted by atomic mass is 32.2. The Morgan fingerprint density at radius 3 is 2.33 bits per heavy atom.